The average molecular weight is 264 g/mol. The topological polar surface area (TPSA) is 87.8 Å². The van der Waals surface area contributed by atoms with Gasteiger partial charge in [0.15, 0.2) is 0 Å². The molecule has 7 heteroatoms. The van der Waals surface area contributed by atoms with E-state index in [0.717, 1.165) is 17.7 Å². The lowest BCUT2D eigenvalue weighted by molar-refractivity contribution is -0.130. The van der Waals surface area contributed by atoms with E-state index in [2.05, 4.69) is 15.6 Å². The quantitative estimate of drug-likeness (QED) is 0.885. The molecule has 2 amide bonds. The number of carbonyl (C=O) groups is 2. The number of carbonyl (C=O) groups excluding carboxylic acids is 2. The monoisotopic (exact) mass is 264 g/mol. The van der Waals surface area contributed by atoms with Gasteiger partial charge in [-0.25, -0.2) is 5.01 Å². The van der Waals surface area contributed by atoms with E-state index in [1.807, 2.05) is 13.8 Å². The van der Waals surface area contributed by atoms with E-state index in [9.17, 15) is 9.59 Å². The Morgan fingerprint density at radius 3 is 2.79 bits per heavy atom. The fourth-order valence-corrected chi connectivity index (χ4v) is 1.82. The number of nitrogens with zero attached hydrogens (tertiary/aromatic N) is 3. The molecule has 2 rings (SSSR count). The molecule has 0 saturated heterocycles. The predicted molar refractivity (Wildman–Crippen MR) is 68.7 cm³/mol. The SMILES string of the molecule is CCc1noc(NC(=O)C2=NN(C)C(=O)CC2)c1C. The molecule has 1 aromatic rings. The summed E-state index contributed by atoms with van der Waals surface area (Å²) in [6.45, 7) is 3.80. The molecule has 0 aliphatic carbocycles. The van der Waals surface area contributed by atoms with Gasteiger partial charge in [0.25, 0.3) is 5.91 Å². The highest BCUT2D eigenvalue weighted by Gasteiger charge is 2.23. The van der Waals surface area contributed by atoms with Crippen molar-refractivity contribution < 1.29 is 14.1 Å². The number of hydrazone groups is 1. The number of nitrogens with one attached hydrogen (secondary N) is 1. The largest absolute Gasteiger partial charge is 0.338 e. The summed E-state index contributed by atoms with van der Waals surface area (Å²) in [4.78, 5) is 23.3. The third-order valence-corrected chi connectivity index (χ3v) is 3.05. The molecule has 0 saturated carbocycles. The van der Waals surface area contributed by atoms with Crippen molar-refractivity contribution in [1.29, 1.82) is 0 Å². The minimum Gasteiger partial charge on any atom is -0.338 e. The Morgan fingerprint density at radius 1 is 1.47 bits per heavy atom. The van der Waals surface area contributed by atoms with Crippen molar-refractivity contribution in [2.45, 2.75) is 33.1 Å². The molecule has 1 aromatic heterocycles. The van der Waals surface area contributed by atoms with Crippen LogP contribution in [0.15, 0.2) is 9.62 Å². The number of anilines is 1. The van der Waals surface area contributed by atoms with Crippen LogP contribution in [0.5, 0.6) is 0 Å². The average Bonchev–Trinajstić information content (AvgIpc) is 2.73. The van der Waals surface area contributed by atoms with Crippen LogP contribution >= 0.6 is 0 Å². The summed E-state index contributed by atoms with van der Waals surface area (Å²) in [5.74, 6) is -0.119. The fourth-order valence-electron chi connectivity index (χ4n) is 1.82. The van der Waals surface area contributed by atoms with Gasteiger partial charge in [0.1, 0.15) is 5.71 Å². The highest BCUT2D eigenvalue weighted by Crippen LogP contribution is 2.19. The van der Waals surface area contributed by atoms with Crippen molar-refractivity contribution in [3.8, 4) is 0 Å². The van der Waals surface area contributed by atoms with E-state index in [1.54, 1.807) is 0 Å². The Balaban J connectivity index is 2.11. The van der Waals surface area contributed by atoms with Gasteiger partial charge in [0.2, 0.25) is 11.8 Å². The van der Waals surface area contributed by atoms with Crippen molar-refractivity contribution >= 4 is 23.4 Å². The van der Waals surface area contributed by atoms with Gasteiger partial charge in [0.05, 0.1) is 5.69 Å². The molecule has 1 aliphatic heterocycles. The third kappa shape index (κ3) is 2.64. The van der Waals surface area contributed by atoms with Gasteiger partial charge >= 0.3 is 0 Å². The third-order valence-electron chi connectivity index (χ3n) is 3.05. The lowest BCUT2D eigenvalue weighted by atomic mass is 10.1. The second-order valence-corrected chi connectivity index (χ2v) is 4.36. The van der Waals surface area contributed by atoms with E-state index < -0.39 is 0 Å². The number of rotatable bonds is 3. The van der Waals surface area contributed by atoms with Crippen LogP contribution in [0.1, 0.15) is 31.0 Å². The molecule has 1 aliphatic rings. The van der Waals surface area contributed by atoms with Crippen LogP contribution in [0.3, 0.4) is 0 Å². The highest BCUT2D eigenvalue weighted by atomic mass is 16.5. The van der Waals surface area contributed by atoms with Gasteiger partial charge in [-0.3, -0.25) is 14.9 Å². The molecule has 0 fully saturated rings. The van der Waals surface area contributed by atoms with Crippen LogP contribution in [0.25, 0.3) is 0 Å². The molecule has 19 heavy (non-hydrogen) atoms. The second kappa shape index (κ2) is 5.21. The lowest BCUT2D eigenvalue weighted by Crippen LogP contribution is -2.34. The van der Waals surface area contributed by atoms with E-state index in [-0.39, 0.29) is 11.8 Å². The molecule has 102 valence electrons. The van der Waals surface area contributed by atoms with Gasteiger partial charge in [0, 0.05) is 25.5 Å². The molecule has 0 aromatic carbocycles. The maximum absolute atomic E-state index is 12.0. The first-order valence-corrected chi connectivity index (χ1v) is 6.13. The standard InChI is InChI=1S/C12H16N4O3/c1-4-8-7(2)12(19-15-8)13-11(18)9-5-6-10(17)16(3)14-9/h4-6H2,1-3H3,(H,13,18). The van der Waals surface area contributed by atoms with Crippen molar-refractivity contribution in [1.82, 2.24) is 10.2 Å². The maximum atomic E-state index is 12.0. The summed E-state index contributed by atoms with van der Waals surface area (Å²) < 4.78 is 5.08. The van der Waals surface area contributed by atoms with Gasteiger partial charge in [-0.05, 0) is 13.3 Å². The van der Waals surface area contributed by atoms with Gasteiger partial charge in [-0.1, -0.05) is 12.1 Å². The number of aromatic nitrogens is 1. The fraction of sp³-hybridized carbons (Fsp3) is 0.500. The van der Waals surface area contributed by atoms with Crippen LogP contribution in [0.2, 0.25) is 0 Å². The molecule has 0 unspecified atom stereocenters. The molecule has 0 bridgehead atoms. The lowest BCUT2D eigenvalue weighted by Gasteiger charge is -2.18. The number of aryl methyl sites for hydroxylation is 1. The summed E-state index contributed by atoms with van der Waals surface area (Å²) >= 11 is 0. The van der Waals surface area contributed by atoms with Crippen molar-refractivity contribution in [2.24, 2.45) is 5.10 Å². The Labute approximate surface area is 110 Å². The molecular weight excluding hydrogens is 248 g/mol. The minimum atomic E-state index is -0.360. The number of amides is 2. The highest BCUT2D eigenvalue weighted by molar-refractivity contribution is 6.43. The summed E-state index contributed by atoms with van der Waals surface area (Å²) in [6.07, 6.45) is 1.37. The Bertz CT molecular complexity index is 547. The van der Waals surface area contributed by atoms with Crippen LogP contribution in [0, 0.1) is 6.92 Å². The molecule has 2 heterocycles. The molecule has 0 spiro atoms. The predicted octanol–water partition coefficient (Wildman–Crippen LogP) is 1.09. The second-order valence-electron chi connectivity index (χ2n) is 4.36. The van der Waals surface area contributed by atoms with Crippen molar-refractivity contribution in [3.63, 3.8) is 0 Å². The Morgan fingerprint density at radius 2 is 2.21 bits per heavy atom. The summed E-state index contributed by atoms with van der Waals surface area (Å²) in [6, 6.07) is 0. The van der Waals surface area contributed by atoms with E-state index in [0.29, 0.717) is 24.4 Å². The number of hydrogen-bond acceptors (Lipinski definition) is 5. The van der Waals surface area contributed by atoms with Crippen LogP contribution in [-0.2, 0) is 16.0 Å². The minimum absolute atomic E-state index is 0.0966. The zero-order valence-electron chi connectivity index (χ0n) is 11.2. The molecule has 1 N–H and O–H groups in total. The zero-order chi connectivity index (χ0) is 14.0. The van der Waals surface area contributed by atoms with Gasteiger partial charge < -0.3 is 4.52 Å². The van der Waals surface area contributed by atoms with Gasteiger partial charge in [-0.15, -0.1) is 0 Å². The summed E-state index contributed by atoms with van der Waals surface area (Å²) in [5, 5.41) is 11.6. The van der Waals surface area contributed by atoms with E-state index in [1.165, 1.54) is 12.1 Å². The summed E-state index contributed by atoms with van der Waals surface area (Å²) in [7, 11) is 1.53. The smallest absolute Gasteiger partial charge is 0.274 e. The van der Waals surface area contributed by atoms with E-state index >= 15 is 0 Å². The maximum Gasteiger partial charge on any atom is 0.274 e. The zero-order valence-corrected chi connectivity index (χ0v) is 11.2. The van der Waals surface area contributed by atoms with Crippen molar-refractivity contribution in [2.75, 3.05) is 12.4 Å². The molecule has 0 atom stereocenters. The first kappa shape index (κ1) is 13.3. The Hall–Kier alpha value is -2.18. The van der Waals surface area contributed by atoms with Gasteiger partial charge in [-0.2, -0.15) is 5.10 Å². The first-order chi connectivity index (χ1) is 9.02. The molecular formula is C12H16N4O3. The van der Waals surface area contributed by atoms with Crippen LogP contribution in [0.4, 0.5) is 5.88 Å². The van der Waals surface area contributed by atoms with Crippen LogP contribution in [-0.4, -0.2) is 34.7 Å². The number of hydrogen-bond donors (Lipinski definition) is 1. The molecule has 7 nitrogen and oxygen atoms in total. The van der Waals surface area contributed by atoms with E-state index in [4.69, 9.17) is 4.52 Å². The molecule has 0 radical (unpaired) electrons. The van der Waals surface area contributed by atoms with Crippen LogP contribution < -0.4 is 5.32 Å². The van der Waals surface area contributed by atoms with Crippen molar-refractivity contribution in [3.05, 3.63) is 11.3 Å². The normalized spacial score (nSPS) is 15.4. The first-order valence-electron chi connectivity index (χ1n) is 6.13. The summed E-state index contributed by atoms with van der Waals surface area (Å²) in [5.41, 5.74) is 1.95. The Kier molecular flexibility index (Phi) is 3.64.